The van der Waals surface area contributed by atoms with Gasteiger partial charge in [0.25, 0.3) is 0 Å². The van der Waals surface area contributed by atoms with E-state index in [-0.39, 0.29) is 16.4 Å². The van der Waals surface area contributed by atoms with E-state index in [4.69, 9.17) is 11.6 Å². The summed E-state index contributed by atoms with van der Waals surface area (Å²) in [7, 11) is 0. The van der Waals surface area contributed by atoms with Crippen LogP contribution in [0.3, 0.4) is 0 Å². The highest BCUT2D eigenvalue weighted by Crippen LogP contribution is 2.28. The first-order valence-electron chi connectivity index (χ1n) is 7.97. The van der Waals surface area contributed by atoms with E-state index in [2.05, 4.69) is 31.0 Å². The molecule has 1 heterocycles. The molecule has 0 radical (unpaired) electrons. The quantitative estimate of drug-likeness (QED) is 0.875. The van der Waals surface area contributed by atoms with Crippen molar-refractivity contribution in [3.63, 3.8) is 0 Å². The standard InChI is InChI=1S/C17H26ClFN2/c1-4-14-10-20-17(5-2,6-3)12-21(14)11-13-8-7-9-15(19)16(13)18/h7-9,14,20H,4-6,10-12H2,1-3H3. The molecule has 1 fully saturated rings. The van der Waals surface area contributed by atoms with E-state index in [9.17, 15) is 4.39 Å². The number of hydrogen-bond acceptors (Lipinski definition) is 2. The number of piperazine rings is 1. The molecular formula is C17H26ClFN2. The molecule has 0 aromatic heterocycles. The Balaban J connectivity index is 2.20. The van der Waals surface area contributed by atoms with E-state index < -0.39 is 0 Å². The molecule has 1 N–H and O–H groups in total. The average molecular weight is 313 g/mol. The van der Waals surface area contributed by atoms with Crippen molar-refractivity contribution in [1.29, 1.82) is 0 Å². The van der Waals surface area contributed by atoms with Crippen LogP contribution in [0.5, 0.6) is 0 Å². The van der Waals surface area contributed by atoms with Crippen molar-refractivity contribution in [2.75, 3.05) is 13.1 Å². The van der Waals surface area contributed by atoms with Crippen LogP contribution >= 0.6 is 11.6 Å². The van der Waals surface area contributed by atoms with Crippen molar-refractivity contribution < 1.29 is 4.39 Å². The average Bonchev–Trinajstić information content (AvgIpc) is 2.51. The topological polar surface area (TPSA) is 15.3 Å². The van der Waals surface area contributed by atoms with E-state index in [1.54, 1.807) is 6.07 Å². The Morgan fingerprint density at radius 1 is 1.33 bits per heavy atom. The number of nitrogens with zero attached hydrogens (tertiary/aromatic N) is 1. The molecule has 1 saturated heterocycles. The van der Waals surface area contributed by atoms with Crippen molar-refractivity contribution in [1.82, 2.24) is 10.2 Å². The summed E-state index contributed by atoms with van der Waals surface area (Å²) >= 11 is 6.12. The molecule has 0 saturated carbocycles. The second kappa shape index (κ2) is 7.08. The lowest BCUT2D eigenvalue weighted by Gasteiger charge is -2.47. The van der Waals surface area contributed by atoms with Crippen LogP contribution in [-0.2, 0) is 6.54 Å². The second-order valence-electron chi connectivity index (χ2n) is 6.05. The normalized spacial score (nSPS) is 22.4. The van der Waals surface area contributed by atoms with Crippen LogP contribution in [0.1, 0.15) is 45.6 Å². The van der Waals surface area contributed by atoms with Gasteiger partial charge in [-0.25, -0.2) is 4.39 Å². The highest BCUT2D eigenvalue weighted by atomic mass is 35.5. The SMILES string of the molecule is CCC1CNC(CC)(CC)CN1Cc1cccc(F)c1Cl. The van der Waals surface area contributed by atoms with Gasteiger partial charge in [0.2, 0.25) is 0 Å². The lowest BCUT2D eigenvalue weighted by atomic mass is 9.88. The predicted molar refractivity (Wildman–Crippen MR) is 87.2 cm³/mol. The fraction of sp³-hybridized carbons (Fsp3) is 0.647. The molecule has 2 nitrogen and oxygen atoms in total. The van der Waals surface area contributed by atoms with E-state index >= 15 is 0 Å². The smallest absolute Gasteiger partial charge is 0.142 e. The van der Waals surface area contributed by atoms with Gasteiger partial charge in [-0.05, 0) is 30.9 Å². The number of hydrogen-bond donors (Lipinski definition) is 1. The van der Waals surface area contributed by atoms with Crippen LogP contribution in [0.2, 0.25) is 5.02 Å². The summed E-state index contributed by atoms with van der Waals surface area (Å²) in [6, 6.07) is 5.57. The van der Waals surface area contributed by atoms with E-state index in [0.29, 0.717) is 6.04 Å². The zero-order chi connectivity index (χ0) is 15.5. The molecule has 1 aromatic carbocycles. The minimum Gasteiger partial charge on any atom is -0.308 e. The van der Waals surface area contributed by atoms with Gasteiger partial charge >= 0.3 is 0 Å². The first-order chi connectivity index (χ1) is 10.0. The van der Waals surface area contributed by atoms with Gasteiger partial charge in [0.1, 0.15) is 5.82 Å². The molecule has 118 valence electrons. The van der Waals surface area contributed by atoms with E-state index in [1.165, 1.54) is 6.07 Å². The molecule has 4 heteroatoms. The molecule has 21 heavy (non-hydrogen) atoms. The molecule has 1 aliphatic heterocycles. The molecule has 1 aliphatic rings. The lowest BCUT2D eigenvalue weighted by Crippen LogP contribution is -2.63. The largest absolute Gasteiger partial charge is 0.308 e. The monoisotopic (exact) mass is 312 g/mol. The van der Waals surface area contributed by atoms with Crippen molar-refractivity contribution in [2.45, 2.75) is 58.2 Å². The molecule has 0 bridgehead atoms. The Morgan fingerprint density at radius 2 is 2.05 bits per heavy atom. The molecule has 0 spiro atoms. The van der Waals surface area contributed by atoms with Crippen LogP contribution in [0.15, 0.2) is 18.2 Å². The van der Waals surface area contributed by atoms with Gasteiger partial charge < -0.3 is 5.32 Å². The third-order valence-corrected chi connectivity index (χ3v) is 5.39. The predicted octanol–water partition coefficient (Wildman–Crippen LogP) is 4.22. The molecule has 1 aromatic rings. The van der Waals surface area contributed by atoms with Crippen molar-refractivity contribution in [3.8, 4) is 0 Å². The summed E-state index contributed by atoms with van der Waals surface area (Å²) < 4.78 is 13.6. The van der Waals surface area contributed by atoms with Crippen molar-refractivity contribution in [2.24, 2.45) is 0 Å². The maximum Gasteiger partial charge on any atom is 0.142 e. The zero-order valence-corrected chi connectivity index (χ0v) is 14.0. The summed E-state index contributed by atoms with van der Waals surface area (Å²) in [5, 5.41) is 3.99. The summed E-state index contributed by atoms with van der Waals surface area (Å²) in [5.41, 5.74) is 1.06. The van der Waals surface area contributed by atoms with Crippen LogP contribution in [0.25, 0.3) is 0 Å². The van der Waals surface area contributed by atoms with Gasteiger partial charge in [-0.15, -0.1) is 0 Å². The van der Waals surface area contributed by atoms with Crippen LogP contribution in [0, 0.1) is 5.82 Å². The summed E-state index contributed by atoms with van der Waals surface area (Å²) in [4.78, 5) is 2.46. The summed E-state index contributed by atoms with van der Waals surface area (Å²) in [6.45, 7) is 9.37. The van der Waals surface area contributed by atoms with Gasteiger partial charge in [-0.1, -0.05) is 44.5 Å². The third kappa shape index (κ3) is 3.58. The number of rotatable bonds is 5. The van der Waals surface area contributed by atoms with Crippen LogP contribution in [-0.4, -0.2) is 29.6 Å². The maximum atomic E-state index is 13.6. The highest BCUT2D eigenvalue weighted by Gasteiger charge is 2.36. The molecule has 1 atom stereocenters. The minimum atomic E-state index is -0.324. The van der Waals surface area contributed by atoms with Gasteiger partial charge in [-0.3, -0.25) is 4.90 Å². The number of benzene rings is 1. The molecule has 1 unspecified atom stereocenters. The van der Waals surface area contributed by atoms with Gasteiger partial charge in [0.05, 0.1) is 5.02 Å². The van der Waals surface area contributed by atoms with Crippen molar-refractivity contribution in [3.05, 3.63) is 34.6 Å². The van der Waals surface area contributed by atoms with Gasteiger partial charge in [-0.2, -0.15) is 0 Å². The first kappa shape index (κ1) is 16.7. The fourth-order valence-electron chi connectivity index (χ4n) is 3.24. The third-order valence-electron chi connectivity index (χ3n) is 4.96. The Morgan fingerprint density at radius 3 is 2.67 bits per heavy atom. The van der Waals surface area contributed by atoms with E-state index in [1.807, 2.05) is 6.07 Å². The number of nitrogens with one attached hydrogen (secondary N) is 1. The Bertz CT molecular complexity index is 474. The van der Waals surface area contributed by atoms with Gasteiger partial charge in [0.15, 0.2) is 0 Å². The van der Waals surface area contributed by atoms with Gasteiger partial charge in [0, 0.05) is 31.2 Å². The molecular weight excluding hydrogens is 287 g/mol. The molecule has 0 amide bonds. The minimum absolute atomic E-state index is 0.172. The Kier molecular flexibility index (Phi) is 5.64. The van der Waals surface area contributed by atoms with E-state index in [0.717, 1.165) is 44.5 Å². The van der Waals surface area contributed by atoms with Crippen LogP contribution < -0.4 is 5.32 Å². The Labute approximate surface area is 132 Å². The highest BCUT2D eigenvalue weighted by molar-refractivity contribution is 6.31. The first-order valence-corrected chi connectivity index (χ1v) is 8.35. The number of halogens is 2. The van der Waals surface area contributed by atoms with Crippen LogP contribution in [0.4, 0.5) is 4.39 Å². The Hall–Kier alpha value is -0.640. The fourth-order valence-corrected chi connectivity index (χ4v) is 3.42. The zero-order valence-electron chi connectivity index (χ0n) is 13.3. The second-order valence-corrected chi connectivity index (χ2v) is 6.43. The lowest BCUT2D eigenvalue weighted by molar-refractivity contribution is 0.0643. The summed E-state index contributed by atoms with van der Waals surface area (Å²) in [5.74, 6) is -0.324. The maximum absolute atomic E-state index is 13.6. The van der Waals surface area contributed by atoms with Crippen molar-refractivity contribution >= 4 is 11.6 Å². The molecule has 0 aliphatic carbocycles. The summed E-state index contributed by atoms with van der Waals surface area (Å²) in [6.07, 6.45) is 3.30. The molecule has 2 rings (SSSR count).